The Bertz CT molecular complexity index is 958. The van der Waals surface area contributed by atoms with E-state index in [1.165, 1.54) is 47.4 Å². The van der Waals surface area contributed by atoms with Gasteiger partial charge in [0.1, 0.15) is 0 Å². The molecule has 0 fully saturated rings. The lowest BCUT2D eigenvalue weighted by molar-refractivity contribution is -0.384. The van der Waals surface area contributed by atoms with Crippen LogP contribution in [0.4, 0.5) is 16.0 Å². The molecule has 0 radical (unpaired) electrons. The van der Waals surface area contributed by atoms with Gasteiger partial charge in [-0.15, -0.1) is 21.5 Å². The Kier molecular flexibility index (Phi) is 6.05. The molecule has 0 spiro atoms. The number of hydrogen-bond donors (Lipinski definition) is 2. The van der Waals surface area contributed by atoms with Crippen molar-refractivity contribution in [3.63, 3.8) is 0 Å². The number of amides is 2. The van der Waals surface area contributed by atoms with Crippen molar-refractivity contribution in [2.75, 3.05) is 16.4 Å². The summed E-state index contributed by atoms with van der Waals surface area (Å²) in [5.41, 5.74) is 0.157. The predicted molar refractivity (Wildman–Crippen MR) is 102 cm³/mol. The minimum Gasteiger partial charge on any atom is -0.301 e. The summed E-state index contributed by atoms with van der Waals surface area (Å²) < 4.78 is 0.517. The molecule has 27 heavy (non-hydrogen) atoms. The van der Waals surface area contributed by atoms with Gasteiger partial charge in [0.15, 0.2) is 9.47 Å². The van der Waals surface area contributed by atoms with Crippen molar-refractivity contribution in [2.45, 2.75) is 4.34 Å². The number of aromatic nitrogens is 3. The van der Waals surface area contributed by atoms with Crippen LogP contribution in [0.15, 0.2) is 40.2 Å². The van der Waals surface area contributed by atoms with Crippen molar-refractivity contribution in [3.8, 4) is 0 Å². The van der Waals surface area contributed by atoms with Crippen molar-refractivity contribution < 1.29 is 14.5 Å². The van der Waals surface area contributed by atoms with Crippen LogP contribution >= 0.6 is 34.4 Å². The van der Waals surface area contributed by atoms with Crippen LogP contribution < -0.4 is 10.6 Å². The topological polar surface area (TPSA) is 140 Å². The average Bonchev–Trinajstić information content (AvgIpc) is 3.32. The van der Waals surface area contributed by atoms with Crippen LogP contribution in [-0.4, -0.2) is 37.7 Å². The van der Waals surface area contributed by atoms with Crippen LogP contribution in [0, 0.1) is 10.1 Å². The molecule has 13 heteroatoms. The average molecular weight is 422 g/mol. The molecule has 138 valence electrons. The molecular weight excluding hydrogens is 412 g/mol. The summed E-state index contributed by atoms with van der Waals surface area (Å²) in [5, 5.41) is 26.1. The fourth-order valence-corrected chi connectivity index (χ4v) is 3.88. The first-order valence-electron chi connectivity index (χ1n) is 7.23. The first kappa shape index (κ1) is 18.9. The fourth-order valence-electron chi connectivity index (χ4n) is 1.79. The summed E-state index contributed by atoms with van der Waals surface area (Å²) in [4.78, 5) is 38.0. The number of nitro groups is 1. The molecule has 2 N–H and O–H groups in total. The van der Waals surface area contributed by atoms with Gasteiger partial charge in [-0.3, -0.25) is 25.0 Å². The van der Waals surface area contributed by atoms with E-state index in [0.717, 1.165) is 11.3 Å². The number of nitrogens with zero attached hydrogens (tertiary/aromatic N) is 4. The molecule has 2 aromatic heterocycles. The Labute approximate surface area is 164 Å². The molecule has 1 aromatic carbocycles. The van der Waals surface area contributed by atoms with Crippen molar-refractivity contribution in [3.05, 3.63) is 51.5 Å². The quantitative estimate of drug-likeness (QED) is 0.256. The minimum atomic E-state index is -0.541. The highest BCUT2D eigenvalue weighted by molar-refractivity contribution is 8.01. The van der Waals surface area contributed by atoms with Crippen LogP contribution in [0.1, 0.15) is 10.4 Å². The third kappa shape index (κ3) is 5.29. The zero-order valence-electron chi connectivity index (χ0n) is 13.3. The molecule has 0 saturated carbocycles. The summed E-state index contributed by atoms with van der Waals surface area (Å²) in [5.74, 6) is -0.550. The van der Waals surface area contributed by atoms with Crippen LogP contribution in [0.3, 0.4) is 0 Å². The number of hydrogen-bond acceptors (Lipinski definition) is 10. The van der Waals surface area contributed by atoms with Crippen LogP contribution in [-0.2, 0) is 4.79 Å². The van der Waals surface area contributed by atoms with Gasteiger partial charge >= 0.3 is 0 Å². The standard InChI is InChI=1S/C14H10N6O4S3/c21-10(16-12-15-5-6-25-12)7-26-14-19-18-13(27-14)17-11(22)8-1-3-9(4-2-8)20(23)24/h1-6H,7H2,(H,15,16,21)(H,17,18,22). The van der Waals surface area contributed by atoms with E-state index in [-0.39, 0.29) is 28.0 Å². The van der Waals surface area contributed by atoms with Gasteiger partial charge in [0.05, 0.1) is 10.7 Å². The Morgan fingerprint density at radius 2 is 1.93 bits per heavy atom. The highest BCUT2D eigenvalue weighted by Crippen LogP contribution is 2.26. The highest BCUT2D eigenvalue weighted by Gasteiger charge is 2.13. The Morgan fingerprint density at radius 3 is 2.59 bits per heavy atom. The third-order valence-electron chi connectivity index (χ3n) is 2.97. The summed E-state index contributed by atoms with van der Waals surface area (Å²) in [6.45, 7) is 0. The van der Waals surface area contributed by atoms with E-state index in [0.29, 0.717) is 9.47 Å². The van der Waals surface area contributed by atoms with E-state index >= 15 is 0 Å². The monoisotopic (exact) mass is 422 g/mol. The first-order chi connectivity index (χ1) is 13.0. The van der Waals surface area contributed by atoms with Gasteiger partial charge in [0.25, 0.3) is 11.6 Å². The molecular formula is C14H10N6O4S3. The maximum absolute atomic E-state index is 12.1. The fraction of sp³-hybridized carbons (Fsp3) is 0.0714. The molecule has 3 aromatic rings. The summed E-state index contributed by atoms with van der Waals surface area (Å²) >= 11 is 3.63. The van der Waals surface area contributed by atoms with Crippen molar-refractivity contribution in [1.29, 1.82) is 0 Å². The molecule has 10 nitrogen and oxygen atoms in total. The Hall–Kier alpha value is -2.90. The molecule has 2 heterocycles. The second kappa shape index (κ2) is 8.66. The normalized spacial score (nSPS) is 10.4. The van der Waals surface area contributed by atoms with Crippen molar-refractivity contribution >= 4 is 62.2 Å². The second-order valence-corrected chi connectivity index (χ2v) is 7.90. The third-order valence-corrected chi connectivity index (χ3v) is 5.63. The number of benzene rings is 1. The second-order valence-electron chi connectivity index (χ2n) is 4.81. The molecule has 0 unspecified atom stereocenters. The predicted octanol–water partition coefficient (Wildman–Crippen LogP) is 2.89. The molecule has 3 rings (SSSR count). The maximum atomic E-state index is 12.1. The van der Waals surface area contributed by atoms with Crippen molar-refractivity contribution in [1.82, 2.24) is 15.2 Å². The number of nitrogens with one attached hydrogen (secondary N) is 2. The van der Waals surface area contributed by atoms with Gasteiger partial charge in [-0.2, -0.15) is 0 Å². The van der Waals surface area contributed by atoms with Gasteiger partial charge in [0.2, 0.25) is 11.0 Å². The molecule has 0 bridgehead atoms. The smallest absolute Gasteiger partial charge is 0.269 e. The maximum Gasteiger partial charge on any atom is 0.269 e. The minimum absolute atomic E-state index is 0.0998. The molecule has 0 aliphatic carbocycles. The van der Waals surface area contributed by atoms with Gasteiger partial charge in [-0.05, 0) is 12.1 Å². The van der Waals surface area contributed by atoms with E-state index in [9.17, 15) is 19.7 Å². The molecule has 0 atom stereocenters. The molecule has 0 saturated heterocycles. The Morgan fingerprint density at radius 1 is 1.15 bits per heavy atom. The number of nitro benzene ring substituents is 1. The molecule has 2 amide bonds. The van der Waals surface area contributed by atoms with Gasteiger partial charge in [-0.25, -0.2) is 4.98 Å². The first-order valence-corrected chi connectivity index (χ1v) is 9.91. The summed E-state index contributed by atoms with van der Waals surface area (Å²) in [7, 11) is 0. The number of non-ortho nitro benzene ring substituents is 1. The molecule has 0 aliphatic rings. The lowest BCUT2D eigenvalue weighted by Crippen LogP contribution is -2.13. The lowest BCUT2D eigenvalue weighted by Gasteiger charge is -2.00. The number of carbonyl (C=O) groups excluding carboxylic acids is 2. The lowest BCUT2D eigenvalue weighted by atomic mass is 10.2. The zero-order valence-corrected chi connectivity index (χ0v) is 15.8. The zero-order chi connectivity index (χ0) is 19.2. The number of thioether (sulfide) groups is 1. The van der Waals surface area contributed by atoms with Crippen molar-refractivity contribution in [2.24, 2.45) is 0 Å². The summed E-state index contributed by atoms with van der Waals surface area (Å²) in [6.07, 6.45) is 1.60. The van der Waals surface area contributed by atoms with E-state index in [1.807, 2.05) is 0 Å². The number of anilines is 2. The number of carbonyl (C=O) groups is 2. The number of rotatable bonds is 7. The SMILES string of the molecule is O=C(CSc1nnc(NC(=O)c2ccc([N+](=O)[O-])cc2)s1)Nc1nccs1. The van der Waals surface area contributed by atoms with E-state index in [4.69, 9.17) is 0 Å². The van der Waals surface area contributed by atoms with Crippen LogP contribution in [0.5, 0.6) is 0 Å². The number of thiazole rings is 1. The van der Waals surface area contributed by atoms with Gasteiger partial charge < -0.3 is 5.32 Å². The summed E-state index contributed by atoms with van der Waals surface area (Å²) in [6, 6.07) is 5.20. The van der Waals surface area contributed by atoms with Gasteiger partial charge in [0, 0.05) is 29.3 Å². The van der Waals surface area contributed by atoms with Gasteiger partial charge in [-0.1, -0.05) is 23.1 Å². The highest BCUT2D eigenvalue weighted by atomic mass is 32.2. The largest absolute Gasteiger partial charge is 0.301 e. The molecule has 0 aliphatic heterocycles. The van der Waals surface area contributed by atoms with Crippen LogP contribution in [0.25, 0.3) is 0 Å². The Balaban J connectivity index is 1.52. The van der Waals surface area contributed by atoms with E-state index in [1.54, 1.807) is 11.6 Å². The van der Waals surface area contributed by atoms with Crippen LogP contribution in [0.2, 0.25) is 0 Å². The van der Waals surface area contributed by atoms with E-state index < -0.39 is 10.8 Å². The van der Waals surface area contributed by atoms with E-state index in [2.05, 4.69) is 25.8 Å².